The number of benzene rings is 1. The molecule has 0 spiro atoms. The molecular weight excluding hydrogens is 282 g/mol. The van der Waals surface area contributed by atoms with E-state index in [0.29, 0.717) is 0 Å². The minimum absolute atomic E-state index is 0.0539. The molecule has 0 aliphatic carbocycles. The Labute approximate surface area is 127 Å². The van der Waals surface area contributed by atoms with E-state index in [0.717, 1.165) is 27.8 Å². The van der Waals surface area contributed by atoms with Gasteiger partial charge in [0.05, 0.1) is 6.20 Å². The van der Waals surface area contributed by atoms with Gasteiger partial charge in [-0.05, 0) is 17.7 Å². The molecule has 0 saturated carbocycles. The molecule has 5 nitrogen and oxygen atoms in total. The maximum atomic E-state index is 5.71. The molecule has 0 saturated heterocycles. The Balaban J connectivity index is 1.91. The van der Waals surface area contributed by atoms with Crippen LogP contribution in [0.15, 0.2) is 36.7 Å². The maximum Gasteiger partial charge on any atom is 0.230 e. The molecule has 108 valence electrons. The average molecular weight is 299 g/mol. The number of rotatable bonds is 2. The normalized spacial score (nSPS) is 11.8. The van der Waals surface area contributed by atoms with E-state index < -0.39 is 0 Å². The van der Waals surface area contributed by atoms with E-state index in [1.807, 2.05) is 36.7 Å². The Morgan fingerprint density at radius 2 is 1.81 bits per heavy atom. The largest absolute Gasteiger partial charge is 0.399 e. The molecule has 0 bridgehead atoms. The van der Waals surface area contributed by atoms with E-state index in [9.17, 15) is 0 Å². The van der Waals surface area contributed by atoms with Gasteiger partial charge in [-0.3, -0.25) is 0 Å². The van der Waals surface area contributed by atoms with E-state index >= 15 is 0 Å². The third-order valence-electron chi connectivity index (χ3n) is 3.11. The van der Waals surface area contributed by atoms with Gasteiger partial charge in [-0.15, -0.1) is 0 Å². The average Bonchev–Trinajstić information content (AvgIpc) is 3.07. The van der Waals surface area contributed by atoms with E-state index in [4.69, 9.17) is 5.73 Å². The summed E-state index contributed by atoms with van der Waals surface area (Å²) in [5.41, 5.74) is 8.52. The molecular formula is C15H17N5S. The van der Waals surface area contributed by atoms with Crippen molar-refractivity contribution >= 4 is 17.2 Å². The van der Waals surface area contributed by atoms with Crippen LogP contribution in [0.5, 0.6) is 0 Å². The molecule has 21 heavy (non-hydrogen) atoms. The zero-order valence-corrected chi connectivity index (χ0v) is 13.1. The first-order chi connectivity index (χ1) is 9.93. The number of nitrogens with zero attached hydrogens (tertiary/aromatic N) is 4. The summed E-state index contributed by atoms with van der Waals surface area (Å²) in [6.45, 7) is 6.30. The van der Waals surface area contributed by atoms with Crippen molar-refractivity contribution in [2.24, 2.45) is 0 Å². The van der Waals surface area contributed by atoms with E-state index in [2.05, 4.69) is 35.2 Å². The fraction of sp³-hybridized carbons (Fsp3) is 0.267. The summed E-state index contributed by atoms with van der Waals surface area (Å²) in [7, 11) is 0. The van der Waals surface area contributed by atoms with Crippen LogP contribution in [-0.4, -0.2) is 19.1 Å². The van der Waals surface area contributed by atoms with Crippen LogP contribution < -0.4 is 5.73 Å². The summed E-state index contributed by atoms with van der Waals surface area (Å²) in [5, 5.41) is 5.15. The first-order valence-corrected chi connectivity index (χ1v) is 7.46. The lowest BCUT2D eigenvalue weighted by Crippen LogP contribution is -2.13. The third kappa shape index (κ3) is 2.80. The van der Waals surface area contributed by atoms with Gasteiger partial charge < -0.3 is 5.73 Å². The van der Waals surface area contributed by atoms with Gasteiger partial charge in [0.25, 0.3) is 0 Å². The van der Waals surface area contributed by atoms with Crippen LogP contribution in [0.4, 0.5) is 5.69 Å². The molecule has 0 amide bonds. The lowest BCUT2D eigenvalue weighted by Gasteiger charge is -2.11. The molecule has 6 heteroatoms. The highest BCUT2D eigenvalue weighted by atomic mass is 32.1. The van der Waals surface area contributed by atoms with Crippen molar-refractivity contribution in [1.29, 1.82) is 0 Å². The summed E-state index contributed by atoms with van der Waals surface area (Å²) in [4.78, 5) is 4.56. The van der Waals surface area contributed by atoms with Crippen LogP contribution in [0, 0.1) is 0 Å². The Hall–Kier alpha value is -2.21. The maximum absolute atomic E-state index is 5.71. The Morgan fingerprint density at radius 3 is 2.43 bits per heavy atom. The number of nitrogens with two attached hydrogens (primary N) is 1. The predicted octanol–water partition coefficient (Wildman–Crippen LogP) is 3.27. The van der Waals surface area contributed by atoms with Crippen LogP contribution in [0.25, 0.3) is 16.3 Å². The third-order valence-corrected chi connectivity index (χ3v) is 3.81. The first kappa shape index (κ1) is 13.8. The molecule has 0 unspecified atom stereocenters. The fourth-order valence-electron chi connectivity index (χ4n) is 1.87. The quantitative estimate of drug-likeness (QED) is 0.737. The minimum Gasteiger partial charge on any atom is -0.399 e. The fourth-order valence-corrected chi connectivity index (χ4v) is 2.66. The minimum atomic E-state index is -0.0539. The van der Waals surface area contributed by atoms with Gasteiger partial charge in [-0.1, -0.05) is 32.9 Å². The van der Waals surface area contributed by atoms with Crippen molar-refractivity contribution in [2.75, 3.05) is 5.73 Å². The summed E-state index contributed by atoms with van der Waals surface area (Å²) >= 11 is 1.36. The molecule has 2 heterocycles. The molecule has 3 aromatic rings. The monoisotopic (exact) mass is 299 g/mol. The molecule has 0 fully saturated rings. The van der Waals surface area contributed by atoms with Crippen molar-refractivity contribution in [3.63, 3.8) is 0 Å². The molecule has 2 N–H and O–H groups in total. The second-order valence-electron chi connectivity index (χ2n) is 5.95. The molecule has 1 aromatic carbocycles. The van der Waals surface area contributed by atoms with Crippen LogP contribution in [0.2, 0.25) is 0 Å². The lowest BCUT2D eigenvalue weighted by atomic mass is 9.96. The molecule has 0 aliphatic rings. The molecule has 3 rings (SSSR count). The second kappa shape index (κ2) is 4.96. The van der Waals surface area contributed by atoms with E-state index in [1.54, 1.807) is 4.68 Å². The summed E-state index contributed by atoms with van der Waals surface area (Å²) in [6.07, 6.45) is 3.78. The predicted molar refractivity (Wildman–Crippen MR) is 85.6 cm³/mol. The summed E-state index contributed by atoms with van der Waals surface area (Å²) < 4.78 is 6.17. The summed E-state index contributed by atoms with van der Waals surface area (Å²) in [5.74, 6) is 0.840. The zero-order chi connectivity index (χ0) is 15.0. The zero-order valence-electron chi connectivity index (χ0n) is 12.2. The molecule has 0 atom stereocenters. The Morgan fingerprint density at radius 1 is 1.10 bits per heavy atom. The van der Waals surface area contributed by atoms with Crippen molar-refractivity contribution in [2.45, 2.75) is 26.2 Å². The highest BCUT2D eigenvalue weighted by Crippen LogP contribution is 2.24. The number of hydrogen-bond acceptors (Lipinski definition) is 5. The Kier molecular flexibility index (Phi) is 3.25. The smallest absolute Gasteiger partial charge is 0.230 e. The highest BCUT2D eigenvalue weighted by molar-refractivity contribution is 7.08. The SMILES string of the molecule is CC(C)(C)c1nsc(-n2cc(-c3ccc(N)cc3)cn2)n1. The Bertz CT molecular complexity index is 749. The lowest BCUT2D eigenvalue weighted by molar-refractivity contribution is 0.553. The second-order valence-corrected chi connectivity index (χ2v) is 6.68. The molecule has 0 radical (unpaired) electrons. The number of anilines is 1. The molecule has 0 aliphatic heterocycles. The van der Waals surface area contributed by atoms with Crippen molar-refractivity contribution in [1.82, 2.24) is 19.1 Å². The van der Waals surface area contributed by atoms with Crippen LogP contribution >= 0.6 is 11.5 Å². The van der Waals surface area contributed by atoms with Crippen molar-refractivity contribution < 1.29 is 0 Å². The topological polar surface area (TPSA) is 69.6 Å². The number of nitrogen functional groups attached to an aromatic ring is 1. The van der Waals surface area contributed by atoms with Crippen LogP contribution in [0.1, 0.15) is 26.6 Å². The number of aromatic nitrogens is 4. The van der Waals surface area contributed by atoms with Gasteiger partial charge in [-0.25, -0.2) is 9.67 Å². The first-order valence-electron chi connectivity index (χ1n) is 6.68. The van der Waals surface area contributed by atoms with Gasteiger partial charge in [0.15, 0.2) is 0 Å². The van der Waals surface area contributed by atoms with E-state index in [-0.39, 0.29) is 5.41 Å². The van der Waals surface area contributed by atoms with Crippen molar-refractivity contribution in [3.05, 3.63) is 42.5 Å². The summed E-state index contributed by atoms with van der Waals surface area (Å²) in [6, 6.07) is 7.74. The van der Waals surface area contributed by atoms with Gasteiger partial charge in [0.2, 0.25) is 5.13 Å². The van der Waals surface area contributed by atoms with Crippen LogP contribution in [-0.2, 0) is 5.41 Å². The van der Waals surface area contributed by atoms with Crippen molar-refractivity contribution in [3.8, 4) is 16.3 Å². The van der Waals surface area contributed by atoms with Gasteiger partial charge in [0.1, 0.15) is 5.82 Å². The van der Waals surface area contributed by atoms with E-state index in [1.165, 1.54) is 11.5 Å². The highest BCUT2D eigenvalue weighted by Gasteiger charge is 2.20. The standard InChI is InChI=1S/C15H17N5S/c1-15(2,3)13-18-14(21-19-13)20-9-11(8-17-20)10-4-6-12(16)7-5-10/h4-9H,16H2,1-3H3. The molecule has 2 aromatic heterocycles. The number of hydrogen-bond donors (Lipinski definition) is 1. The van der Waals surface area contributed by atoms with Gasteiger partial charge >= 0.3 is 0 Å². The van der Waals surface area contributed by atoms with Gasteiger partial charge in [0, 0.05) is 34.4 Å². The van der Waals surface area contributed by atoms with Gasteiger partial charge in [-0.2, -0.15) is 9.47 Å². The van der Waals surface area contributed by atoms with Crippen LogP contribution in [0.3, 0.4) is 0 Å².